The van der Waals surface area contributed by atoms with Gasteiger partial charge in [0.1, 0.15) is 11.3 Å². The highest BCUT2D eigenvalue weighted by atomic mass is 16.3. The lowest BCUT2D eigenvalue weighted by atomic mass is 9.94. The van der Waals surface area contributed by atoms with Crippen LogP contribution < -0.4 is 4.90 Å². The average molecular weight is 780 g/mol. The van der Waals surface area contributed by atoms with E-state index >= 15 is 0 Å². The van der Waals surface area contributed by atoms with Crippen LogP contribution in [0.4, 0.5) is 17.1 Å². The number of anilines is 3. The molecule has 2 heteroatoms. The highest BCUT2D eigenvalue weighted by molar-refractivity contribution is 6.08. The molecule has 10 aromatic carbocycles. The molecule has 1 heterocycles. The Morgan fingerprint density at radius 3 is 1.46 bits per heavy atom. The third-order valence-corrected chi connectivity index (χ3v) is 12.1. The van der Waals surface area contributed by atoms with Crippen molar-refractivity contribution < 1.29 is 4.42 Å². The SMILES string of the molecule is Cc1c(-c2cccc(-c3ccc(N(c4ccc(-c5ccc6c(ccc7ccccc76)c5)cc4)c4ccc(-c5ccccc5-c5ccccc5)cc4)cc3)c2)oc2ccccc12. The first-order valence-corrected chi connectivity index (χ1v) is 20.9. The van der Waals surface area contributed by atoms with Crippen LogP contribution in [0.5, 0.6) is 0 Å². The Hall–Kier alpha value is -7.94. The van der Waals surface area contributed by atoms with Gasteiger partial charge in [-0.1, -0.05) is 176 Å². The van der Waals surface area contributed by atoms with E-state index in [4.69, 9.17) is 4.42 Å². The van der Waals surface area contributed by atoms with Gasteiger partial charge in [-0.3, -0.25) is 0 Å². The molecule has 0 fully saturated rings. The number of hydrogen-bond acceptors (Lipinski definition) is 2. The van der Waals surface area contributed by atoms with Crippen LogP contribution in [0.25, 0.3) is 88.3 Å². The molecule has 0 aliphatic rings. The summed E-state index contributed by atoms with van der Waals surface area (Å²) < 4.78 is 6.35. The maximum atomic E-state index is 6.35. The van der Waals surface area contributed by atoms with Crippen molar-refractivity contribution in [2.75, 3.05) is 4.90 Å². The highest BCUT2D eigenvalue weighted by Crippen LogP contribution is 2.41. The maximum absolute atomic E-state index is 6.35. The molecule has 0 radical (unpaired) electrons. The van der Waals surface area contributed by atoms with Crippen molar-refractivity contribution in [3.8, 4) is 55.8 Å². The second-order valence-corrected chi connectivity index (χ2v) is 15.7. The van der Waals surface area contributed by atoms with Crippen LogP contribution in [0.15, 0.2) is 235 Å². The average Bonchev–Trinajstić information content (AvgIpc) is 3.68. The summed E-state index contributed by atoms with van der Waals surface area (Å²) in [4.78, 5) is 2.35. The van der Waals surface area contributed by atoms with Crippen molar-refractivity contribution in [3.05, 3.63) is 236 Å². The Bertz CT molecular complexity index is 3340. The van der Waals surface area contributed by atoms with E-state index in [-0.39, 0.29) is 0 Å². The predicted octanol–water partition coefficient (Wildman–Crippen LogP) is 16.9. The second-order valence-electron chi connectivity index (χ2n) is 15.7. The van der Waals surface area contributed by atoms with Gasteiger partial charge in [0.05, 0.1) is 0 Å². The van der Waals surface area contributed by atoms with Crippen LogP contribution >= 0.6 is 0 Å². The smallest absolute Gasteiger partial charge is 0.138 e. The quantitative estimate of drug-likeness (QED) is 0.143. The first-order chi connectivity index (χ1) is 30.1. The van der Waals surface area contributed by atoms with E-state index in [2.05, 4.69) is 230 Å². The zero-order valence-electron chi connectivity index (χ0n) is 33.8. The molecule has 0 saturated carbocycles. The summed E-state index contributed by atoms with van der Waals surface area (Å²) >= 11 is 0. The van der Waals surface area contributed by atoms with E-state index in [1.165, 1.54) is 54.9 Å². The third kappa shape index (κ3) is 6.75. The van der Waals surface area contributed by atoms with Crippen molar-refractivity contribution in [2.45, 2.75) is 6.92 Å². The zero-order chi connectivity index (χ0) is 40.7. The van der Waals surface area contributed by atoms with Crippen LogP contribution in [-0.2, 0) is 0 Å². The fourth-order valence-electron chi connectivity index (χ4n) is 8.93. The van der Waals surface area contributed by atoms with Gasteiger partial charge < -0.3 is 9.32 Å². The molecule has 61 heavy (non-hydrogen) atoms. The summed E-state index contributed by atoms with van der Waals surface area (Å²) in [5.74, 6) is 0.918. The first-order valence-electron chi connectivity index (χ1n) is 20.9. The van der Waals surface area contributed by atoms with Crippen molar-refractivity contribution in [1.29, 1.82) is 0 Å². The Balaban J connectivity index is 0.956. The van der Waals surface area contributed by atoms with Crippen LogP contribution in [0, 0.1) is 6.92 Å². The number of aryl methyl sites for hydroxylation is 1. The first kappa shape index (κ1) is 36.2. The van der Waals surface area contributed by atoms with E-state index in [0.717, 1.165) is 56.0 Å². The Kier molecular flexibility index (Phi) is 9.09. The van der Waals surface area contributed by atoms with Gasteiger partial charge in [0.2, 0.25) is 0 Å². The van der Waals surface area contributed by atoms with Crippen LogP contribution in [-0.4, -0.2) is 0 Å². The van der Waals surface area contributed by atoms with Gasteiger partial charge in [-0.15, -0.1) is 0 Å². The van der Waals surface area contributed by atoms with Crippen LogP contribution in [0.2, 0.25) is 0 Å². The lowest BCUT2D eigenvalue weighted by Crippen LogP contribution is -2.09. The fraction of sp³-hybridized carbons (Fsp3) is 0.0169. The number of hydrogen-bond donors (Lipinski definition) is 0. The molecular weight excluding hydrogens is 739 g/mol. The molecule has 11 rings (SSSR count). The highest BCUT2D eigenvalue weighted by Gasteiger charge is 2.17. The number of para-hydroxylation sites is 1. The van der Waals surface area contributed by atoms with Gasteiger partial charge in [0.25, 0.3) is 0 Å². The molecule has 0 aliphatic carbocycles. The molecule has 2 nitrogen and oxygen atoms in total. The molecule has 0 atom stereocenters. The fourth-order valence-corrected chi connectivity index (χ4v) is 8.93. The standard InChI is InChI=1S/C59H41NO/c1-40-53-17-9-10-21-58(53)61-59(40)49-16-11-15-46(39-49)41-24-31-50(32-25-41)60(52-35-28-45(29-36-52)56-20-8-7-19-54(56)43-12-3-2-4-13-43)51-33-26-42(27-34-51)47-30-37-57-48(38-47)23-22-44-14-5-6-18-55(44)57/h2-39H,1H3. The minimum atomic E-state index is 0.914. The number of benzene rings is 10. The molecule has 0 amide bonds. The predicted molar refractivity (Wildman–Crippen MR) is 258 cm³/mol. The van der Waals surface area contributed by atoms with E-state index in [0.29, 0.717) is 0 Å². The van der Waals surface area contributed by atoms with E-state index in [1.807, 2.05) is 12.1 Å². The Labute approximate surface area is 356 Å². The third-order valence-electron chi connectivity index (χ3n) is 12.1. The summed E-state index contributed by atoms with van der Waals surface area (Å²) in [6.45, 7) is 2.14. The molecule has 0 spiro atoms. The number of fused-ring (bicyclic) bond motifs is 4. The summed E-state index contributed by atoms with van der Waals surface area (Å²) in [6, 6.07) is 83.0. The molecule has 0 unspecified atom stereocenters. The van der Waals surface area contributed by atoms with Crippen LogP contribution in [0.1, 0.15) is 5.56 Å². The van der Waals surface area contributed by atoms with Gasteiger partial charge in [-0.05, 0) is 128 Å². The largest absolute Gasteiger partial charge is 0.456 e. The van der Waals surface area contributed by atoms with Crippen molar-refractivity contribution in [3.63, 3.8) is 0 Å². The van der Waals surface area contributed by atoms with Crippen molar-refractivity contribution in [2.24, 2.45) is 0 Å². The van der Waals surface area contributed by atoms with E-state index in [1.54, 1.807) is 0 Å². The monoisotopic (exact) mass is 779 g/mol. The molecule has 11 aromatic rings. The summed E-state index contributed by atoms with van der Waals surface area (Å²) in [7, 11) is 0. The van der Waals surface area contributed by atoms with Crippen molar-refractivity contribution >= 4 is 49.6 Å². The lowest BCUT2D eigenvalue weighted by molar-refractivity contribution is 0.629. The molecule has 0 N–H and O–H groups in total. The molecule has 0 bridgehead atoms. The minimum absolute atomic E-state index is 0.914. The minimum Gasteiger partial charge on any atom is -0.456 e. The van der Waals surface area contributed by atoms with Gasteiger partial charge in [0, 0.05) is 33.6 Å². The lowest BCUT2D eigenvalue weighted by Gasteiger charge is -2.26. The normalized spacial score (nSPS) is 11.4. The van der Waals surface area contributed by atoms with E-state index < -0.39 is 0 Å². The molecular formula is C59H41NO. The zero-order valence-corrected chi connectivity index (χ0v) is 33.8. The second kappa shape index (κ2) is 15.3. The number of furan rings is 1. The maximum Gasteiger partial charge on any atom is 0.138 e. The summed E-state index contributed by atoms with van der Waals surface area (Å²) in [5.41, 5.74) is 15.9. The number of rotatable bonds is 8. The molecule has 1 aromatic heterocycles. The van der Waals surface area contributed by atoms with Gasteiger partial charge in [0.15, 0.2) is 0 Å². The topological polar surface area (TPSA) is 16.4 Å². The summed E-state index contributed by atoms with van der Waals surface area (Å²) in [5, 5.41) is 6.22. The summed E-state index contributed by atoms with van der Waals surface area (Å²) in [6.07, 6.45) is 0. The van der Waals surface area contributed by atoms with Crippen LogP contribution in [0.3, 0.4) is 0 Å². The van der Waals surface area contributed by atoms with Gasteiger partial charge in [-0.2, -0.15) is 0 Å². The van der Waals surface area contributed by atoms with Gasteiger partial charge >= 0.3 is 0 Å². The molecule has 0 saturated heterocycles. The molecule has 0 aliphatic heterocycles. The Morgan fingerprint density at radius 1 is 0.311 bits per heavy atom. The Morgan fingerprint density at radius 2 is 0.787 bits per heavy atom. The van der Waals surface area contributed by atoms with E-state index in [9.17, 15) is 0 Å². The van der Waals surface area contributed by atoms with Crippen molar-refractivity contribution in [1.82, 2.24) is 0 Å². The molecule has 288 valence electrons. The van der Waals surface area contributed by atoms with Gasteiger partial charge in [-0.25, -0.2) is 0 Å². The number of nitrogens with zero attached hydrogens (tertiary/aromatic N) is 1.